The predicted octanol–water partition coefficient (Wildman–Crippen LogP) is 1.24. The number of tetrazole rings is 1. The van der Waals surface area contributed by atoms with Crippen molar-refractivity contribution in [1.29, 1.82) is 0 Å². The Balaban J connectivity index is 1.50. The number of carbonyl (C=O) groups excluding carboxylic acids is 1. The van der Waals surface area contributed by atoms with Gasteiger partial charge in [0.1, 0.15) is 6.33 Å². The quantitative estimate of drug-likeness (QED) is 0.691. The lowest BCUT2D eigenvalue weighted by Crippen LogP contribution is -2.41. The van der Waals surface area contributed by atoms with Gasteiger partial charge in [0.05, 0.1) is 24.2 Å². The van der Waals surface area contributed by atoms with Gasteiger partial charge < -0.3 is 10.4 Å². The van der Waals surface area contributed by atoms with Crippen LogP contribution in [0.5, 0.6) is 0 Å². The molecule has 1 aromatic carbocycles. The number of rotatable bonds is 6. The van der Waals surface area contributed by atoms with Crippen molar-refractivity contribution in [3.63, 3.8) is 0 Å². The number of carbonyl (C=O) groups is 1. The standard InChI is InChI=1S/C18H20N6O2/c25-15-8-13(9-15)18(21-17(26)5-6-24-11-20-22-23-24)14-7-12-3-1-2-4-16(12)19-10-14/h1-4,7,10-11,13,15,18,25H,5-6,8-9H2,(H,21,26)/t13?,15?,18-/m0/s1. The van der Waals surface area contributed by atoms with E-state index < -0.39 is 0 Å². The monoisotopic (exact) mass is 352 g/mol. The van der Waals surface area contributed by atoms with Crippen molar-refractivity contribution < 1.29 is 9.90 Å². The van der Waals surface area contributed by atoms with Crippen LogP contribution in [-0.2, 0) is 11.3 Å². The number of aliphatic hydroxyl groups excluding tert-OH is 1. The Morgan fingerprint density at radius 1 is 1.35 bits per heavy atom. The van der Waals surface area contributed by atoms with Gasteiger partial charge in [0, 0.05) is 18.0 Å². The van der Waals surface area contributed by atoms with Crippen molar-refractivity contribution in [3.05, 3.63) is 48.4 Å². The van der Waals surface area contributed by atoms with E-state index in [0.29, 0.717) is 19.4 Å². The average molecular weight is 352 g/mol. The van der Waals surface area contributed by atoms with Gasteiger partial charge in [0.2, 0.25) is 5.91 Å². The maximum atomic E-state index is 12.4. The van der Waals surface area contributed by atoms with Crippen LogP contribution in [0.25, 0.3) is 10.9 Å². The molecule has 8 nitrogen and oxygen atoms in total. The summed E-state index contributed by atoms with van der Waals surface area (Å²) >= 11 is 0. The highest BCUT2D eigenvalue weighted by atomic mass is 16.3. The molecule has 1 fully saturated rings. The lowest BCUT2D eigenvalue weighted by atomic mass is 9.75. The number of nitrogens with zero attached hydrogens (tertiary/aromatic N) is 5. The largest absolute Gasteiger partial charge is 0.393 e. The van der Waals surface area contributed by atoms with Crippen molar-refractivity contribution in [2.45, 2.75) is 38.0 Å². The summed E-state index contributed by atoms with van der Waals surface area (Å²) in [7, 11) is 0. The molecule has 0 unspecified atom stereocenters. The normalized spacial score (nSPS) is 20.5. The van der Waals surface area contributed by atoms with Crippen LogP contribution in [0.4, 0.5) is 0 Å². The summed E-state index contributed by atoms with van der Waals surface area (Å²) in [6.45, 7) is 0.425. The molecular formula is C18H20N6O2. The number of amides is 1. The first-order chi connectivity index (χ1) is 12.7. The molecule has 8 heteroatoms. The molecule has 4 rings (SSSR count). The number of aromatic nitrogens is 5. The molecule has 2 N–H and O–H groups in total. The van der Waals surface area contributed by atoms with E-state index in [-0.39, 0.29) is 30.4 Å². The highest BCUT2D eigenvalue weighted by molar-refractivity contribution is 5.80. The molecule has 0 spiro atoms. The highest BCUT2D eigenvalue weighted by Crippen LogP contribution is 2.38. The van der Waals surface area contributed by atoms with Gasteiger partial charge in [-0.05, 0) is 46.9 Å². The molecule has 0 radical (unpaired) electrons. The second-order valence-corrected chi connectivity index (χ2v) is 6.71. The summed E-state index contributed by atoms with van der Waals surface area (Å²) < 4.78 is 1.53. The van der Waals surface area contributed by atoms with Gasteiger partial charge in [0.15, 0.2) is 0 Å². The van der Waals surface area contributed by atoms with Crippen LogP contribution in [0.1, 0.15) is 30.9 Å². The summed E-state index contributed by atoms with van der Waals surface area (Å²) in [5, 5.41) is 24.7. The van der Waals surface area contributed by atoms with E-state index >= 15 is 0 Å². The van der Waals surface area contributed by atoms with E-state index in [1.807, 2.05) is 30.5 Å². The second-order valence-electron chi connectivity index (χ2n) is 6.71. The molecule has 134 valence electrons. The fraction of sp³-hybridized carbons (Fsp3) is 0.389. The molecular weight excluding hydrogens is 332 g/mol. The molecule has 0 bridgehead atoms. The number of benzene rings is 1. The van der Waals surface area contributed by atoms with Crippen molar-refractivity contribution in [2.24, 2.45) is 5.92 Å². The Hall–Kier alpha value is -2.87. The molecule has 0 saturated heterocycles. The average Bonchev–Trinajstić information content (AvgIpc) is 3.15. The summed E-state index contributed by atoms with van der Waals surface area (Å²) in [5.41, 5.74) is 1.89. The van der Waals surface area contributed by atoms with Crippen LogP contribution < -0.4 is 5.32 Å². The second kappa shape index (κ2) is 7.17. The van der Waals surface area contributed by atoms with Gasteiger partial charge in [-0.2, -0.15) is 0 Å². The molecule has 26 heavy (non-hydrogen) atoms. The molecule has 1 saturated carbocycles. The molecule has 1 aliphatic rings. The molecule has 2 heterocycles. The third-order valence-corrected chi connectivity index (χ3v) is 4.87. The smallest absolute Gasteiger partial charge is 0.222 e. The molecule has 1 aliphatic carbocycles. The summed E-state index contributed by atoms with van der Waals surface area (Å²) in [6.07, 6.45) is 4.68. The Morgan fingerprint density at radius 2 is 2.19 bits per heavy atom. The van der Waals surface area contributed by atoms with Gasteiger partial charge in [-0.25, -0.2) is 4.68 Å². The predicted molar refractivity (Wildman–Crippen MR) is 93.8 cm³/mol. The fourth-order valence-electron chi connectivity index (χ4n) is 3.38. The number of para-hydroxylation sites is 1. The summed E-state index contributed by atoms with van der Waals surface area (Å²) in [6, 6.07) is 9.82. The van der Waals surface area contributed by atoms with Crippen LogP contribution in [-0.4, -0.2) is 42.3 Å². The van der Waals surface area contributed by atoms with Gasteiger partial charge in [-0.1, -0.05) is 18.2 Å². The first kappa shape index (κ1) is 16.6. The molecule has 1 atom stereocenters. The number of fused-ring (bicyclic) bond motifs is 1. The summed E-state index contributed by atoms with van der Waals surface area (Å²) in [4.78, 5) is 16.9. The van der Waals surface area contributed by atoms with E-state index in [1.165, 1.54) is 11.0 Å². The van der Waals surface area contributed by atoms with Crippen LogP contribution in [0.3, 0.4) is 0 Å². The van der Waals surface area contributed by atoms with Gasteiger partial charge in [-0.15, -0.1) is 5.10 Å². The number of nitrogens with one attached hydrogen (secondary N) is 1. The van der Waals surface area contributed by atoms with E-state index in [0.717, 1.165) is 16.5 Å². The minimum absolute atomic E-state index is 0.0694. The minimum atomic E-state index is -0.283. The van der Waals surface area contributed by atoms with E-state index in [2.05, 4.69) is 31.9 Å². The zero-order valence-corrected chi connectivity index (χ0v) is 14.2. The van der Waals surface area contributed by atoms with Crippen molar-refractivity contribution in [2.75, 3.05) is 0 Å². The highest BCUT2D eigenvalue weighted by Gasteiger charge is 2.35. The zero-order chi connectivity index (χ0) is 17.9. The third-order valence-electron chi connectivity index (χ3n) is 4.87. The number of hydrogen-bond acceptors (Lipinski definition) is 6. The van der Waals surface area contributed by atoms with Crippen molar-refractivity contribution >= 4 is 16.8 Å². The summed E-state index contributed by atoms with van der Waals surface area (Å²) in [5.74, 6) is 0.144. The number of aliphatic hydroxyl groups is 1. The van der Waals surface area contributed by atoms with E-state index in [4.69, 9.17) is 0 Å². The first-order valence-electron chi connectivity index (χ1n) is 8.72. The van der Waals surface area contributed by atoms with E-state index in [9.17, 15) is 9.90 Å². The molecule has 3 aromatic rings. The maximum absolute atomic E-state index is 12.4. The number of aryl methyl sites for hydroxylation is 1. The number of pyridine rings is 1. The van der Waals surface area contributed by atoms with Crippen molar-refractivity contribution in [3.8, 4) is 0 Å². The Morgan fingerprint density at radius 3 is 2.96 bits per heavy atom. The maximum Gasteiger partial charge on any atom is 0.222 e. The number of hydrogen-bond donors (Lipinski definition) is 2. The van der Waals surface area contributed by atoms with Crippen molar-refractivity contribution in [1.82, 2.24) is 30.5 Å². The first-order valence-corrected chi connectivity index (χ1v) is 8.72. The lowest BCUT2D eigenvalue weighted by Gasteiger charge is -2.38. The zero-order valence-electron chi connectivity index (χ0n) is 14.2. The van der Waals surface area contributed by atoms with Gasteiger partial charge in [0.25, 0.3) is 0 Å². The van der Waals surface area contributed by atoms with Gasteiger partial charge in [-0.3, -0.25) is 9.78 Å². The van der Waals surface area contributed by atoms with Crippen LogP contribution in [0, 0.1) is 5.92 Å². The van der Waals surface area contributed by atoms with Crippen LogP contribution in [0.15, 0.2) is 42.9 Å². The SMILES string of the molecule is O=C(CCn1cnnn1)N[C@H](c1cnc2ccccc2c1)C1CC(O)C1. The minimum Gasteiger partial charge on any atom is -0.393 e. The Bertz CT molecular complexity index is 892. The third kappa shape index (κ3) is 3.55. The lowest BCUT2D eigenvalue weighted by molar-refractivity contribution is -0.123. The van der Waals surface area contributed by atoms with Crippen LogP contribution in [0.2, 0.25) is 0 Å². The molecule has 0 aliphatic heterocycles. The topological polar surface area (TPSA) is 106 Å². The fourth-order valence-corrected chi connectivity index (χ4v) is 3.38. The Kier molecular flexibility index (Phi) is 4.57. The van der Waals surface area contributed by atoms with Crippen LogP contribution >= 0.6 is 0 Å². The molecule has 1 amide bonds. The van der Waals surface area contributed by atoms with Gasteiger partial charge >= 0.3 is 0 Å². The van der Waals surface area contributed by atoms with E-state index in [1.54, 1.807) is 0 Å². The molecule has 2 aromatic heterocycles. The Labute approximate surface area is 150 Å².